The monoisotopic (exact) mass is 513 g/mol. The minimum atomic E-state index is -5.17. The van der Waals surface area contributed by atoms with Crippen LogP contribution in [0.5, 0.6) is 0 Å². The average Bonchev–Trinajstić information content (AvgIpc) is 3.29. The maximum absolute atomic E-state index is 13.5. The minimum Gasteiger partial charge on any atom is -0.350 e. The van der Waals surface area contributed by atoms with Gasteiger partial charge in [-0.25, -0.2) is 0 Å². The van der Waals surface area contributed by atoms with E-state index in [-0.39, 0.29) is 30.8 Å². The van der Waals surface area contributed by atoms with Crippen molar-refractivity contribution in [1.29, 1.82) is 5.26 Å². The number of likely N-dealkylation sites (tertiary alicyclic amines) is 1. The first-order valence-electron chi connectivity index (χ1n) is 12.1. The quantitative estimate of drug-likeness (QED) is 0.498. The van der Waals surface area contributed by atoms with Gasteiger partial charge >= 0.3 is 12.1 Å². The number of nitrogens with zero attached hydrogens (tertiary/aromatic N) is 2. The molecule has 12 heteroatoms. The van der Waals surface area contributed by atoms with E-state index in [0.29, 0.717) is 6.42 Å². The zero-order valence-electron chi connectivity index (χ0n) is 21.2. The molecule has 2 saturated heterocycles. The summed E-state index contributed by atoms with van der Waals surface area (Å²) in [5, 5.41) is 17.0. The molecule has 3 aliphatic rings. The van der Waals surface area contributed by atoms with Crippen LogP contribution in [-0.4, -0.2) is 64.9 Å². The van der Waals surface area contributed by atoms with Crippen LogP contribution < -0.4 is 16.0 Å². The lowest BCUT2D eigenvalue weighted by Crippen LogP contribution is -2.59. The molecule has 4 unspecified atom stereocenters. The molecule has 2 aliphatic heterocycles. The third-order valence-electron chi connectivity index (χ3n) is 7.19. The molecule has 1 spiro atoms. The Hall–Kier alpha value is -2.84. The van der Waals surface area contributed by atoms with Crippen LogP contribution in [0.25, 0.3) is 0 Å². The van der Waals surface area contributed by atoms with Gasteiger partial charge in [0.25, 0.3) is 0 Å². The molecular formula is C24H34F3N5O4. The van der Waals surface area contributed by atoms with E-state index < -0.39 is 58.8 Å². The third kappa shape index (κ3) is 6.10. The highest BCUT2D eigenvalue weighted by atomic mass is 19.4. The van der Waals surface area contributed by atoms with Gasteiger partial charge in [0.1, 0.15) is 18.1 Å². The second kappa shape index (κ2) is 9.23. The molecule has 200 valence electrons. The highest BCUT2D eigenvalue weighted by Gasteiger charge is 2.53. The molecule has 4 atom stereocenters. The lowest BCUT2D eigenvalue weighted by Gasteiger charge is -2.35. The van der Waals surface area contributed by atoms with E-state index in [1.165, 1.54) is 25.7 Å². The molecule has 3 N–H and O–H groups in total. The first kappa shape index (κ1) is 27.7. The number of alkyl halides is 3. The first-order valence-corrected chi connectivity index (χ1v) is 12.1. The molecule has 9 nitrogen and oxygen atoms in total. The molecule has 1 saturated carbocycles. The summed E-state index contributed by atoms with van der Waals surface area (Å²) < 4.78 is 38.8. The highest BCUT2D eigenvalue weighted by Crippen LogP contribution is 2.46. The van der Waals surface area contributed by atoms with Crippen LogP contribution in [-0.2, 0) is 19.2 Å². The predicted molar refractivity (Wildman–Crippen MR) is 122 cm³/mol. The molecule has 0 aromatic rings. The van der Waals surface area contributed by atoms with Crippen molar-refractivity contribution in [2.24, 2.45) is 16.7 Å². The number of amides is 4. The van der Waals surface area contributed by atoms with Gasteiger partial charge in [0, 0.05) is 18.0 Å². The standard InChI is InChI=1S/C24H34F3N5O4/c1-21(2,3)16(30-20(36)24(25,26)27)19(35)32-12-22(4,5)10-15(32)18(34)29-14(11-28)8-13-9-23(6-7-23)31-17(13)33/h13-16H,6-10,12H2,1-5H3,(H,29,34)(H,30,36)(H,31,33). The fraction of sp³-hybridized carbons (Fsp3) is 0.792. The first-order chi connectivity index (χ1) is 16.4. The Bertz CT molecular complexity index is 978. The molecule has 3 fully saturated rings. The van der Waals surface area contributed by atoms with Crippen molar-refractivity contribution in [3.8, 4) is 6.07 Å². The Morgan fingerprint density at radius 2 is 1.78 bits per heavy atom. The summed E-state index contributed by atoms with van der Waals surface area (Å²) in [5.41, 5.74) is -1.78. The summed E-state index contributed by atoms with van der Waals surface area (Å²) in [4.78, 5) is 51.8. The van der Waals surface area contributed by atoms with E-state index in [1.54, 1.807) is 5.32 Å². The number of hydrogen-bond donors (Lipinski definition) is 3. The van der Waals surface area contributed by atoms with E-state index in [2.05, 4.69) is 10.6 Å². The average molecular weight is 514 g/mol. The second-order valence-electron chi connectivity index (χ2n) is 12.2. The molecule has 4 amide bonds. The van der Waals surface area contributed by atoms with E-state index in [4.69, 9.17) is 0 Å². The van der Waals surface area contributed by atoms with Crippen molar-refractivity contribution in [3.63, 3.8) is 0 Å². The molecule has 36 heavy (non-hydrogen) atoms. The molecular weight excluding hydrogens is 479 g/mol. The summed E-state index contributed by atoms with van der Waals surface area (Å²) in [6.45, 7) is 8.29. The van der Waals surface area contributed by atoms with Crippen LogP contribution in [0.2, 0.25) is 0 Å². The number of carbonyl (C=O) groups excluding carboxylic acids is 4. The van der Waals surface area contributed by atoms with Gasteiger partial charge in [0.05, 0.1) is 6.07 Å². The molecule has 0 radical (unpaired) electrons. The van der Waals surface area contributed by atoms with Crippen LogP contribution in [0.3, 0.4) is 0 Å². The van der Waals surface area contributed by atoms with Gasteiger partial charge < -0.3 is 20.9 Å². The van der Waals surface area contributed by atoms with Gasteiger partial charge in [-0.1, -0.05) is 34.6 Å². The van der Waals surface area contributed by atoms with E-state index >= 15 is 0 Å². The molecule has 1 aliphatic carbocycles. The Morgan fingerprint density at radius 1 is 1.17 bits per heavy atom. The Kier molecular flexibility index (Phi) is 7.11. The summed E-state index contributed by atoms with van der Waals surface area (Å²) in [6, 6.07) is -1.52. The highest BCUT2D eigenvalue weighted by molar-refractivity contribution is 5.94. The van der Waals surface area contributed by atoms with Crippen LogP contribution in [0.15, 0.2) is 0 Å². The Morgan fingerprint density at radius 3 is 2.25 bits per heavy atom. The maximum Gasteiger partial charge on any atom is 0.471 e. The Labute approximate surface area is 208 Å². The van der Waals surface area contributed by atoms with Gasteiger partial charge in [-0.05, 0) is 42.9 Å². The summed E-state index contributed by atoms with van der Waals surface area (Å²) in [7, 11) is 0. The third-order valence-corrected chi connectivity index (χ3v) is 7.19. The fourth-order valence-corrected chi connectivity index (χ4v) is 5.11. The largest absolute Gasteiger partial charge is 0.471 e. The molecule has 0 aromatic heterocycles. The number of halogens is 3. The molecule has 3 rings (SSSR count). The van der Waals surface area contributed by atoms with Gasteiger partial charge in [0.2, 0.25) is 17.7 Å². The van der Waals surface area contributed by atoms with Crippen LogP contribution in [0.4, 0.5) is 13.2 Å². The van der Waals surface area contributed by atoms with Crippen LogP contribution in [0.1, 0.15) is 66.7 Å². The lowest BCUT2D eigenvalue weighted by atomic mass is 9.85. The maximum atomic E-state index is 13.5. The van der Waals surface area contributed by atoms with Gasteiger partial charge in [-0.15, -0.1) is 0 Å². The summed E-state index contributed by atoms with van der Waals surface area (Å²) in [6.07, 6.45) is -2.42. The van der Waals surface area contributed by atoms with Crippen LogP contribution in [0, 0.1) is 28.1 Å². The zero-order chi connectivity index (χ0) is 27.3. The van der Waals surface area contributed by atoms with E-state index in [0.717, 1.165) is 12.8 Å². The summed E-state index contributed by atoms with van der Waals surface area (Å²) in [5.74, 6) is -4.20. The number of rotatable bonds is 6. The zero-order valence-corrected chi connectivity index (χ0v) is 21.2. The minimum absolute atomic E-state index is 0.0865. The van der Waals surface area contributed by atoms with Gasteiger partial charge in [0.15, 0.2) is 0 Å². The topological polar surface area (TPSA) is 131 Å². The number of carbonyl (C=O) groups is 4. The molecule has 0 aromatic carbocycles. The predicted octanol–water partition coefficient (Wildman–Crippen LogP) is 1.77. The smallest absolute Gasteiger partial charge is 0.350 e. The van der Waals surface area contributed by atoms with Gasteiger partial charge in [-0.3, -0.25) is 19.2 Å². The van der Waals surface area contributed by atoms with Crippen molar-refractivity contribution in [1.82, 2.24) is 20.9 Å². The van der Waals surface area contributed by atoms with E-state index in [1.807, 2.05) is 19.9 Å². The number of nitriles is 1. The van der Waals surface area contributed by atoms with Crippen molar-refractivity contribution < 1.29 is 32.3 Å². The van der Waals surface area contributed by atoms with Gasteiger partial charge in [-0.2, -0.15) is 18.4 Å². The second-order valence-corrected chi connectivity index (χ2v) is 12.2. The van der Waals surface area contributed by atoms with E-state index in [9.17, 15) is 37.6 Å². The van der Waals surface area contributed by atoms with Crippen molar-refractivity contribution >= 4 is 23.6 Å². The molecule has 0 bridgehead atoms. The number of hydrogen-bond acceptors (Lipinski definition) is 5. The van der Waals surface area contributed by atoms with Crippen molar-refractivity contribution in [3.05, 3.63) is 0 Å². The normalized spacial score (nSPS) is 26.1. The van der Waals surface area contributed by atoms with Crippen molar-refractivity contribution in [2.45, 2.75) is 96.6 Å². The Balaban J connectivity index is 1.75. The fourth-order valence-electron chi connectivity index (χ4n) is 5.11. The van der Waals surface area contributed by atoms with Crippen LogP contribution >= 0.6 is 0 Å². The number of nitrogens with one attached hydrogen (secondary N) is 3. The van der Waals surface area contributed by atoms with Crippen molar-refractivity contribution in [2.75, 3.05) is 6.54 Å². The molecule has 2 heterocycles. The summed E-state index contributed by atoms with van der Waals surface area (Å²) >= 11 is 0. The lowest BCUT2D eigenvalue weighted by molar-refractivity contribution is -0.176. The SMILES string of the molecule is CC1(C)CC(C(=O)NC(C#N)CC2CC3(CC3)NC2=O)N(C(=O)C(NC(=O)C(F)(F)F)C(C)(C)C)C1.